The van der Waals surface area contributed by atoms with Crippen LogP contribution in [0.15, 0.2) is 24.3 Å². The molecule has 3 N–H and O–H groups in total. The molecule has 20 heavy (non-hydrogen) atoms. The second-order valence-corrected chi connectivity index (χ2v) is 6.03. The Balaban J connectivity index is 1.82. The first-order chi connectivity index (χ1) is 9.63. The highest BCUT2D eigenvalue weighted by atomic mass is 32.1. The molecule has 0 fully saturated rings. The Morgan fingerprint density at radius 2 is 2.25 bits per heavy atom. The smallest absolute Gasteiger partial charge is 0.265 e. The fourth-order valence-corrected chi connectivity index (χ4v) is 3.26. The van der Waals surface area contributed by atoms with E-state index in [0.717, 1.165) is 34.7 Å². The largest absolute Gasteiger partial charge is 0.399 e. The van der Waals surface area contributed by atoms with Gasteiger partial charge in [0.1, 0.15) is 0 Å². The van der Waals surface area contributed by atoms with E-state index in [-0.39, 0.29) is 5.91 Å². The van der Waals surface area contributed by atoms with Crippen LogP contribution in [-0.4, -0.2) is 12.5 Å². The van der Waals surface area contributed by atoms with E-state index in [1.165, 1.54) is 4.88 Å². The first kappa shape index (κ1) is 13.1. The number of hydrogen-bond acceptors (Lipinski definition) is 4. The van der Waals surface area contributed by atoms with Crippen molar-refractivity contribution in [3.05, 3.63) is 45.1 Å². The summed E-state index contributed by atoms with van der Waals surface area (Å²) in [5.41, 5.74) is 9.29. The summed E-state index contributed by atoms with van der Waals surface area (Å²) in [6, 6.07) is 7.43. The van der Waals surface area contributed by atoms with Gasteiger partial charge in [0.25, 0.3) is 5.91 Å². The van der Waals surface area contributed by atoms with E-state index in [0.29, 0.717) is 12.3 Å². The van der Waals surface area contributed by atoms with E-state index < -0.39 is 0 Å². The minimum atomic E-state index is -0.0851. The molecule has 104 valence electrons. The Morgan fingerprint density at radius 1 is 1.40 bits per heavy atom. The number of ether oxygens (including phenoxy) is 1. The molecule has 4 nitrogen and oxygen atoms in total. The van der Waals surface area contributed by atoms with Crippen molar-refractivity contribution < 1.29 is 9.53 Å². The highest BCUT2D eigenvalue weighted by molar-refractivity contribution is 7.14. The predicted molar refractivity (Wildman–Crippen MR) is 81.2 cm³/mol. The third-order valence-electron chi connectivity index (χ3n) is 3.36. The maximum absolute atomic E-state index is 12.3. The van der Waals surface area contributed by atoms with Crippen molar-refractivity contribution in [1.82, 2.24) is 0 Å². The van der Waals surface area contributed by atoms with Crippen LogP contribution in [0.4, 0.5) is 11.4 Å². The molecule has 0 spiro atoms. The number of rotatable bonds is 2. The Bertz CT molecular complexity index is 640. The molecule has 0 unspecified atom stereocenters. The number of fused-ring (bicyclic) bond motifs is 1. The molecule has 2 aromatic rings. The Morgan fingerprint density at radius 3 is 3.05 bits per heavy atom. The van der Waals surface area contributed by atoms with Crippen LogP contribution in [0.1, 0.15) is 25.7 Å². The summed E-state index contributed by atoms with van der Waals surface area (Å²) < 4.78 is 5.40. The molecule has 3 rings (SSSR count). The number of thiophene rings is 1. The number of anilines is 2. The van der Waals surface area contributed by atoms with Crippen molar-refractivity contribution in [3.8, 4) is 0 Å². The second-order valence-electron chi connectivity index (χ2n) is 4.89. The molecule has 0 bridgehead atoms. The van der Waals surface area contributed by atoms with Crippen LogP contribution in [0.3, 0.4) is 0 Å². The van der Waals surface area contributed by atoms with E-state index in [2.05, 4.69) is 5.32 Å². The summed E-state index contributed by atoms with van der Waals surface area (Å²) in [6.07, 6.45) is 0.893. The van der Waals surface area contributed by atoms with E-state index in [1.807, 2.05) is 25.1 Å². The lowest BCUT2D eigenvalue weighted by Crippen LogP contribution is -2.11. The van der Waals surface area contributed by atoms with Gasteiger partial charge >= 0.3 is 0 Å². The van der Waals surface area contributed by atoms with Gasteiger partial charge in [-0.25, -0.2) is 0 Å². The zero-order valence-electron chi connectivity index (χ0n) is 11.2. The van der Waals surface area contributed by atoms with Crippen LogP contribution in [-0.2, 0) is 17.8 Å². The Hall–Kier alpha value is -1.85. The first-order valence-corrected chi connectivity index (χ1v) is 7.32. The number of aryl methyl sites for hydroxylation is 1. The van der Waals surface area contributed by atoms with Gasteiger partial charge < -0.3 is 15.8 Å². The molecule has 0 saturated carbocycles. The lowest BCUT2D eigenvalue weighted by atomic mass is 10.1. The highest BCUT2D eigenvalue weighted by Crippen LogP contribution is 2.28. The standard InChI is InChI=1S/C15H16N2O2S/c1-9-2-3-11(16)7-12(9)17-15(18)14-6-10-8-19-5-4-13(10)20-14/h2-3,6-7H,4-5,8,16H2,1H3,(H,17,18). The third kappa shape index (κ3) is 2.55. The zero-order valence-corrected chi connectivity index (χ0v) is 12.0. The topological polar surface area (TPSA) is 64.3 Å². The minimum absolute atomic E-state index is 0.0851. The average molecular weight is 288 g/mol. The van der Waals surface area contributed by atoms with Crippen LogP contribution >= 0.6 is 11.3 Å². The average Bonchev–Trinajstić information content (AvgIpc) is 2.87. The number of amides is 1. The highest BCUT2D eigenvalue weighted by Gasteiger charge is 2.18. The number of hydrogen-bond donors (Lipinski definition) is 2. The summed E-state index contributed by atoms with van der Waals surface area (Å²) >= 11 is 1.55. The van der Waals surface area contributed by atoms with E-state index in [1.54, 1.807) is 17.4 Å². The van der Waals surface area contributed by atoms with Crippen molar-refractivity contribution in [1.29, 1.82) is 0 Å². The summed E-state index contributed by atoms with van der Waals surface area (Å²) in [5.74, 6) is -0.0851. The number of nitrogen functional groups attached to an aromatic ring is 1. The SMILES string of the molecule is Cc1ccc(N)cc1NC(=O)c1cc2c(s1)CCOC2. The van der Waals surface area contributed by atoms with Gasteiger partial charge in [0, 0.05) is 22.7 Å². The van der Waals surface area contributed by atoms with Crippen LogP contribution < -0.4 is 11.1 Å². The monoisotopic (exact) mass is 288 g/mol. The summed E-state index contributed by atoms with van der Waals surface area (Å²) in [5, 5.41) is 2.93. The molecule has 5 heteroatoms. The molecular weight excluding hydrogens is 272 g/mol. The molecule has 0 saturated heterocycles. The van der Waals surface area contributed by atoms with E-state index in [9.17, 15) is 4.79 Å². The van der Waals surface area contributed by atoms with Crippen LogP contribution in [0.25, 0.3) is 0 Å². The quantitative estimate of drug-likeness (QED) is 0.835. The number of nitrogens with two attached hydrogens (primary N) is 1. The summed E-state index contributed by atoms with van der Waals surface area (Å²) in [4.78, 5) is 14.3. The minimum Gasteiger partial charge on any atom is -0.399 e. The van der Waals surface area contributed by atoms with Crippen LogP contribution in [0.2, 0.25) is 0 Å². The summed E-state index contributed by atoms with van der Waals surface area (Å²) in [6.45, 7) is 3.29. The fourth-order valence-electron chi connectivity index (χ4n) is 2.22. The zero-order chi connectivity index (χ0) is 14.1. The fraction of sp³-hybridized carbons (Fsp3) is 0.267. The molecule has 1 aromatic carbocycles. The molecule has 1 aliphatic rings. The molecule has 0 radical (unpaired) electrons. The maximum atomic E-state index is 12.3. The number of carbonyl (C=O) groups is 1. The predicted octanol–water partition coefficient (Wildman–Crippen LogP) is 2.96. The van der Waals surface area contributed by atoms with Crippen molar-refractivity contribution in [2.75, 3.05) is 17.7 Å². The van der Waals surface area contributed by atoms with Gasteiger partial charge in [0.2, 0.25) is 0 Å². The maximum Gasteiger partial charge on any atom is 0.265 e. The Labute approximate surface area is 121 Å². The molecule has 1 amide bonds. The van der Waals surface area contributed by atoms with Gasteiger partial charge in [-0.3, -0.25) is 4.79 Å². The molecule has 0 aliphatic carbocycles. The van der Waals surface area contributed by atoms with Crippen molar-refractivity contribution in [2.45, 2.75) is 20.0 Å². The van der Waals surface area contributed by atoms with E-state index in [4.69, 9.17) is 10.5 Å². The molecular formula is C15H16N2O2S. The number of benzene rings is 1. The van der Waals surface area contributed by atoms with Crippen LogP contribution in [0.5, 0.6) is 0 Å². The molecule has 1 aromatic heterocycles. The van der Waals surface area contributed by atoms with Gasteiger partial charge in [-0.05, 0) is 36.2 Å². The van der Waals surface area contributed by atoms with Crippen molar-refractivity contribution in [3.63, 3.8) is 0 Å². The van der Waals surface area contributed by atoms with Gasteiger partial charge in [0.05, 0.1) is 18.1 Å². The molecule has 0 atom stereocenters. The first-order valence-electron chi connectivity index (χ1n) is 6.50. The van der Waals surface area contributed by atoms with Gasteiger partial charge in [0.15, 0.2) is 0 Å². The Kier molecular flexibility index (Phi) is 3.46. The van der Waals surface area contributed by atoms with Gasteiger partial charge in [-0.2, -0.15) is 0 Å². The second kappa shape index (κ2) is 5.26. The molecule has 1 aliphatic heterocycles. The number of nitrogens with one attached hydrogen (secondary N) is 1. The van der Waals surface area contributed by atoms with Crippen molar-refractivity contribution >= 4 is 28.6 Å². The number of carbonyl (C=O) groups excluding carboxylic acids is 1. The summed E-state index contributed by atoms with van der Waals surface area (Å²) in [7, 11) is 0. The van der Waals surface area contributed by atoms with Gasteiger partial charge in [-0.1, -0.05) is 6.07 Å². The van der Waals surface area contributed by atoms with Gasteiger partial charge in [-0.15, -0.1) is 11.3 Å². The lowest BCUT2D eigenvalue weighted by Gasteiger charge is -2.10. The molecule has 2 heterocycles. The van der Waals surface area contributed by atoms with Crippen LogP contribution in [0, 0.1) is 6.92 Å². The van der Waals surface area contributed by atoms with Crippen molar-refractivity contribution in [2.24, 2.45) is 0 Å². The van der Waals surface area contributed by atoms with E-state index >= 15 is 0 Å². The normalized spacial score (nSPS) is 13.8. The third-order valence-corrected chi connectivity index (χ3v) is 4.60. The lowest BCUT2D eigenvalue weighted by molar-refractivity contribution is 0.102.